The molecule has 1 aromatic rings. The van der Waals surface area contributed by atoms with Gasteiger partial charge in [-0.25, -0.2) is 0 Å². The van der Waals surface area contributed by atoms with Crippen LogP contribution in [-0.2, 0) is 0 Å². The second kappa shape index (κ2) is 5.63. The molecule has 3 heteroatoms. The molecule has 2 rings (SSSR count). The number of nitrogens with zero attached hydrogens (tertiary/aromatic N) is 1. The molecule has 1 aliphatic carbocycles. The van der Waals surface area contributed by atoms with Crippen molar-refractivity contribution in [1.29, 1.82) is 0 Å². The zero-order valence-electron chi connectivity index (χ0n) is 10.4. The Kier molecular flexibility index (Phi) is 4.15. The number of rotatable bonds is 5. The molecule has 3 nitrogen and oxygen atoms in total. The Labute approximate surface area is 103 Å². The number of hydrogen-bond donors (Lipinski definition) is 2. The van der Waals surface area contributed by atoms with Crippen molar-refractivity contribution in [3.63, 3.8) is 0 Å². The smallest absolute Gasteiger partial charge is 0.0546 e. The number of benzene rings is 1. The van der Waals surface area contributed by atoms with Gasteiger partial charge in [-0.15, -0.1) is 0 Å². The van der Waals surface area contributed by atoms with Crippen molar-refractivity contribution in [3.05, 3.63) is 35.9 Å². The third-order valence-electron chi connectivity index (χ3n) is 3.70. The van der Waals surface area contributed by atoms with E-state index in [9.17, 15) is 5.11 Å². The normalized spacial score (nSPS) is 25.6. The Morgan fingerprint density at radius 1 is 1.35 bits per heavy atom. The first-order valence-corrected chi connectivity index (χ1v) is 6.34. The topological polar surface area (TPSA) is 49.5 Å². The maximum atomic E-state index is 9.30. The fraction of sp³-hybridized carbons (Fsp3) is 0.571. The highest BCUT2D eigenvalue weighted by molar-refractivity contribution is 5.19. The average molecular weight is 234 g/mol. The molecule has 1 aromatic carbocycles. The molecule has 17 heavy (non-hydrogen) atoms. The van der Waals surface area contributed by atoms with Gasteiger partial charge in [0.2, 0.25) is 0 Å². The second-order valence-corrected chi connectivity index (χ2v) is 5.09. The summed E-state index contributed by atoms with van der Waals surface area (Å²) in [4.78, 5) is 2.31. The van der Waals surface area contributed by atoms with Crippen LogP contribution in [0.25, 0.3) is 0 Å². The number of aliphatic hydroxyl groups excluding tert-OH is 1. The van der Waals surface area contributed by atoms with E-state index in [4.69, 9.17) is 5.73 Å². The highest BCUT2D eigenvalue weighted by atomic mass is 16.3. The predicted octanol–water partition coefficient (Wildman–Crippen LogP) is 1.39. The Bertz CT molecular complexity index is 335. The van der Waals surface area contributed by atoms with Crippen LogP contribution in [0, 0.1) is 5.92 Å². The van der Waals surface area contributed by atoms with Crippen LogP contribution >= 0.6 is 0 Å². The molecule has 0 amide bonds. The Hall–Kier alpha value is -0.900. The van der Waals surface area contributed by atoms with Crippen molar-refractivity contribution in [2.75, 3.05) is 20.1 Å². The molecule has 94 valence electrons. The quantitative estimate of drug-likeness (QED) is 0.809. The number of nitrogens with two attached hydrogens (primary N) is 1. The molecule has 0 spiro atoms. The van der Waals surface area contributed by atoms with Crippen molar-refractivity contribution < 1.29 is 5.11 Å². The molecule has 0 saturated heterocycles. The Balaban J connectivity index is 1.93. The fourth-order valence-electron chi connectivity index (χ4n) is 2.63. The molecular weight excluding hydrogens is 212 g/mol. The van der Waals surface area contributed by atoms with Gasteiger partial charge in [-0.05, 0) is 31.4 Å². The van der Waals surface area contributed by atoms with E-state index in [1.165, 1.54) is 5.56 Å². The molecule has 0 heterocycles. The summed E-state index contributed by atoms with van der Waals surface area (Å²) < 4.78 is 0. The molecular formula is C14H22N2O. The lowest BCUT2D eigenvalue weighted by Gasteiger charge is -2.37. The maximum absolute atomic E-state index is 9.30. The van der Waals surface area contributed by atoms with Crippen LogP contribution in [0.15, 0.2) is 30.3 Å². The average Bonchev–Trinajstić information content (AvgIpc) is 2.29. The zero-order chi connectivity index (χ0) is 12.3. The Morgan fingerprint density at radius 2 is 2.00 bits per heavy atom. The van der Waals surface area contributed by atoms with Gasteiger partial charge in [-0.2, -0.15) is 0 Å². The van der Waals surface area contributed by atoms with E-state index in [-0.39, 0.29) is 12.1 Å². The first-order valence-electron chi connectivity index (χ1n) is 6.34. The summed E-state index contributed by atoms with van der Waals surface area (Å²) in [5.74, 6) is 0.632. The third kappa shape index (κ3) is 3.06. The summed E-state index contributed by atoms with van der Waals surface area (Å²) in [6.07, 6.45) is 1.81. The minimum Gasteiger partial charge on any atom is -0.393 e. The third-order valence-corrected chi connectivity index (χ3v) is 3.70. The lowest BCUT2D eigenvalue weighted by molar-refractivity contribution is 0.0224. The zero-order valence-corrected chi connectivity index (χ0v) is 10.4. The van der Waals surface area contributed by atoms with Crippen molar-refractivity contribution in [2.45, 2.75) is 25.0 Å². The van der Waals surface area contributed by atoms with Gasteiger partial charge in [-0.3, -0.25) is 4.90 Å². The molecule has 1 atom stereocenters. The van der Waals surface area contributed by atoms with Crippen LogP contribution < -0.4 is 5.73 Å². The van der Waals surface area contributed by atoms with Gasteiger partial charge in [0.1, 0.15) is 0 Å². The molecule has 0 bridgehead atoms. The van der Waals surface area contributed by atoms with E-state index in [1.807, 2.05) is 6.07 Å². The second-order valence-electron chi connectivity index (χ2n) is 5.09. The molecule has 0 radical (unpaired) electrons. The van der Waals surface area contributed by atoms with E-state index in [1.54, 1.807) is 0 Å². The lowest BCUT2D eigenvalue weighted by Crippen LogP contribution is -2.40. The lowest BCUT2D eigenvalue weighted by atomic mass is 9.82. The van der Waals surface area contributed by atoms with Crippen LogP contribution in [0.3, 0.4) is 0 Å². The highest BCUT2D eigenvalue weighted by Gasteiger charge is 2.29. The van der Waals surface area contributed by atoms with Crippen molar-refractivity contribution in [1.82, 2.24) is 4.90 Å². The van der Waals surface area contributed by atoms with Gasteiger partial charge in [0.15, 0.2) is 0 Å². The van der Waals surface area contributed by atoms with Gasteiger partial charge in [0.05, 0.1) is 6.10 Å². The molecule has 1 fully saturated rings. The summed E-state index contributed by atoms with van der Waals surface area (Å²) in [6.45, 7) is 1.66. The summed E-state index contributed by atoms with van der Waals surface area (Å²) in [5, 5.41) is 9.30. The summed E-state index contributed by atoms with van der Waals surface area (Å²) in [7, 11) is 2.12. The van der Waals surface area contributed by atoms with Crippen LogP contribution in [0.4, 0.5) is 0 Å². The fourth-order valence-corrected chi connectivity index (χ4v) is 2.63. The van der Waals surface area contributed by atoms with Crippen molar-refractivity contribution in [3.8, 4) is 0 Å². The van der Waals surface area contributed by atoms with E-state index < -0.39 is 0 Å². The maximum Gasteiger partial charge on any atom is 0.0546 e. The number of aliphatic hydroxyl groups is 1. The van der Waals surface area contributed by atoms with Crippen LogP contribution in [0.2, 0.25) is 0 Å². The minimum absolute atomic E-state index is 0.0681. The summed E-state index contributed by atoms with van der Waals surface area (Å²) >= 11 is 0. The summed E-state index contributed by atoms with van der Waals surface area (Å²) in [5.41, 5.74) is 7.15. The van der Waals surface area contributed by atoms with Crippen LogP contribution in [0.5, 0.6) is 0 Å². The van der Waals surface area contributed by atoms with E-state index >= 15 is 0 Å². The highest BCUT2D eigenvalue weighted by Crippen LogP contribution is 2.29. The van der Waals surface area contributed by atoms with Gasteiger partial charge >= 0.3 is 0 Å². The molecule has 0 aliphatic heterocycles. The van der Waals surface area contributed by atoms with Crippen LogP contribution in [-0.4, -0.2) is 36.2 Å². The van der Waals surface area contributed by atoms with E-state index in [0.29, 0.717) is 12.5 Å². The first-order chi connectivity index (χ1) is 8.20. The van der Waals surface area contributed by atoms with Gasteiger partial charge in [0.25, 0.3) is 0 Å². The largest absolute Gasteiger partial charge is 0.393 e. The molecule has 3 N–H and O–H groups in total. The van der Waals surface area contributed by atoms with Gasteiger partial charge < -0.3 is 10.8 Å². The van der Waals surface area contributed by atoms with Gasteiger partial charge in [-0.1, -0.05) is 30.3 Å². The summed E-state index contributed by atoms with van der Waals surface area (Å²) in [6, 6.07) is 10.7. The van der Waals surface area contributed by atoms with Crippen molar-refractivity contribution in [2.24, 2.45) is 11.7 Å². The minimum atomic E-state index is -0.0681. The Morgan fingerprint density at radius 3 is 2.53 bits per heavy atom. The molecule has 1 aliphatic rings. The standard InChI is InChI=1S/C14H22N2O/c1-16(10-11-7-13(17)8-11)14(9-15)12-5-3-2-4-6-12/h2-6,11,13-14,17H,7-10,15H2,1H3. The number of hydrogen-bond acceptors (Lipinski definition) is 3. The van der Waals surface area contributed by atoms with E-state index in [2.05, 4.69) is 36.2 Å². The van der Waals surface area contributed by atoms with Crippen molar-refractivity contribution >= 4 is 0 Å². The van der Waals surface area contributed by atoms with Crippen LogP contribution in [0.1, 0.15) is 24.4 Å². The molecule has 1 unspecified atom stereocenters. The van der Waals surface area contributed by atoms with E-state index in [0.717, 1.165) is 19.4 Å². The monoisotopic (exact) mass is 234 g/mol. The van der Waals surface area contributed by atoms with Gasteiger partial charge in [0, 0.05) is 19.1 Å². The predicted molar refractivity (Wildman–Crippen MR) is 69.6 cm³/mol. The molecule has 1 saturated carbocycles. The first kappa shape index (κ1) is 12.6. The SMILES string of the molecule is CN(CC1CC(O)C1)C(CN)c1ccccc1. The molecule has 0 aromatic heterocycles. The number of likely N-dealkylation sites (N-methyl/N-ethyl adjacent to an activating group) is 1.